The van der Waals surface area contributed by atoms with Gasteiger partial charge in [-0.3, -0.25) is 19.2 Å². The van der Waals surface area contributed by atoms with Gasteiger partial charge >= 0.3 is 5.97 Å². The van der Waals surface area contributed by atoms with E-state index >= 15 is 0 Å². The second kappa shape index (κ2) is 9.19. The first kappa shape index (κ1) is 27.5. The van der Waals surface area contributed by atoms with Crippen molar-refractivity contribution in [1.82, 2.24) is 0 Å². The number of allylic oxidation sites excluding steroid dienone is 1. The van der Waals surface area contributed by atoms with Crippen LogP contribution in [0.4, 0.5) is 11.4 Å². The lowest BCUT2D eigenvalue weighted by Crippen LogP contribution is -2.67. The SMILES string of the molecule is CCOC(=O)C1=C(C)C2(Br)C3C(=O)N(c4ccc(Br)cc4)C(=O)C3C1(C)C1C(=O)N(c3ccc(Br)cc3)C(=O)C12. The standard InChI is InChI=1S/C29H23Br3N2O6/c1-4-40-27(39)18-13(2)29(32)21-19(23(35)33(25(21)37)16-9-5-14(30)6-10-16)28(18,3)20-22(29)26(38)34(24(20)36)17-11-7-15(31)8-12-17/h5-12,19-22H,4H2,1-3H3. The highest BCUT2D eigenvalue weighted by Gasteiger charge is 2.81. The van der Waals surface area contributed by atoms with Crippen LogP contribution in [0.2, 0.25) is 0 Å². The molecule has 2 aliphatic heterocycles. The Morgan fingerprint density at radius 3 is 1.52 bits per heavy atom. The first-order valence-electron chi connectivity index (χ1n) is 12.7. The summed E-state index contributed by atoms with van der Waals surface area (Å²) in [6.07, 6.45) is 0. The molecule has 2 saturated heterocycles. The van der Waals surface area contributed by atoms with Crippen LogP contribution in [0.5, 0.6) is 0 Å². The number of carbonyl (C=O) groups is 5. The number of hydrogen-bond donors (Lipinski definition) is 0. The fourth-order valence-electron chi connectivity index (χ4n) is 7.42. The molecule has 1 saturated carbocycles. The van der Waals surface area contributed by atoms with Crippen molar-refractivity contribution in [2.24, 2.45) is 29.1 Å². The van der Waals surface area contributed by atoms with Crippen LogP contribution >= 0.6 is 47.8 Å². The highest BCUT2D eigenvalue weighted by molar-refractivity contribution is 9.11. The average molecular weight is 735 g/mol. The van der Waals surface area contributed by atoms with E-state index in [2.05, 4.69) is 47.8 Å². The third kappa shape index (κ3) is 3.31. The Balaban J connectivity index is 1.58. The van der Waals surface area contributed by atoms with Gasteiger partial charge in [-0.1, -0.05) is 54.7 Å². The summed E-state index contributed by atoms with van der Waals surface area (Å²) in [5, 5.41) is 0. The summed E-state index contributed by atoms with van der Waals surface area (Å²) in [5.41, 5.74) is -0.114. The lowest BCUT2D eigenvalue weighted by molar-refractivity contribution is -0.152. The second-order valence-electron chi connectivity index (χ2n) is 10.7. The molecule has 206 valence electrons. The molecular formula is C29H23Br3N2O6. The Morgan fingerprint density at radius 1 is 0.775 bits per heavy atom. The molecule has 3 aliphatic carbocycles. The van der Waals surface area contributed by atoms with E-state index in [4.69, 9.17) is 4.74 Å². The molecule has 0 spiro atoms. The largest absolute Gasteiger partial charge is 0.463 e. The number of carbonyl (C=O) groups excluding carboxylic acids is 5. The molecule has 7 rings (SSSR count). The molecule has 2 aromatic carbocycles. The van der Waals surface area contributed by atoms with Gasteiger partial charge in [0.15, 0.2) is 0 Å². The number of alkyl halides is 1. The summed E-state index contributed by atoms with van der Waals surface area (Å²) >= 11 is 10.5. The molecular weight excluding hydrogens is 712 g/mol. The van der Waals surface area contributed by atoms with E-state index in [-0.39, 0.29) is 12.2 Å². The van der Waals surface area contributed by atoms with Gasteiger partial charge in [0, 0.05) is 19.9 Å². The van der Waals surface area contributed by atoms with Crippen LogP contribution in [0, 0.1) is 29.1 Å². The molecule has 4 amide bonds. The molecule has 5 aliphatic rings. The number of rotatable bonds is 4. The topological polar surface area (TPSA) is 101 Å². The third-order valence-electron chi connectivity index (χ3n) is 8.95. The Labute approximate surface area is 255 Å². The van der Waals surface area contributed by atoms with Gasteiger partial charge in [-0.25, -0.2) is 14.6 Å². The van der Waals surface area contributed by atoms with E-state index in [1.807, 2.05) is 0 Å². The van der Waals surface area contributed by atoms with Crippen molar-refractivity contribution in [3.8, 4) is 0 Å². The van der Waals surface area contributed by atoms with Crippen molar-refractivity contribution in [2.45, 2.75) is 25.1 Å². The van der Waals surface area contributed by atoms with Gasteiger partial charge in [-0.15, -0.1) is 0 Å². The lowest BCUT2D eigenvalue weighted by Gasteiger charge is -2.59. The van der Waals surface area contributed by atoms with Crippen molar-refractivity contribution in [3.05, 3.63) is 68.6 Å². The highest BCUT2D eigenvalue weighted by Crippen LogP contribution is 2.72. The molecule has 0 aromatic heterocycles. The van der Waals surface area contributed by atoms with Gasteiger partial charge < -0.3 is 4.74 Å². The minimum Gasteiger partial charge on any atom is -0.463 e. The number of benzene rings is 2. The summed E-state index contributed by atoms with van der Waals surface area (Å²) in [6.45, 7) is 5.10. The average Bonchev–Trinajstić information content (AvgIpc) is 3.34. The molecule has 8 nitrogen and oxygen atoms in total. The number of nitrogens with zero attached hydrogens (tertiary/aromatic N) is 2. The van der Waals surface area contributed by atoms with Crippen molar-refractivity contribution in [3.63, 3.8) is 0 Å². The van der Waals surface area contributed by atoms with Gasteiger partial charge in [-0.2, -0.15) is 0 Å². The van der Waals surface area contributed by atoms with Crippen LogP contribution < -0.4 is 9.80 Å². The van der Waals surface area contributed by atoms with Gasteiger partial charge in [0.25, 0.3) is 0 Å². The minimum absolute atomic E-state index is 0.0823. The Kier molecular flexibility index (Phi) is 6.33. The quantitative estimate of drug-likeness (QED) is 0.244. The Hall–Kier alpha value is -2.63. The Morgan fingerprint density at radius 2 is 1.15 bits per heavy atom. The highest BCUT2D eigenvalue weighted by atomic mass is 79.9. The van der Waals surface area contributed by atoms with Crippen molar-refractivity contribution in [2.75, 3.05) is 16.4 Å². The van der Waals surface area contributed by atoms with Crippen LogP contribution in [-0.4, -0.2) is 40.5 Å². The number of imide groups is 2. The maximum Gasteiger partial charge on any atom is 0.334 e. The summed E-state index contributed by atoms with van der Waals surface area (Å²) in [4.78, 5) is 72.7. The zero-order valence-corrected chi connectivity index (χ0v) is 26.4. The van der Waals surface area contributed by atoms with E-state index in [0.29, 0.717) is 16.9 Å². The second-order valence-corrected chi connectivity index (χ2v) is 13.8. The van der Waals surface area contributed by atoms with E-state index in [1.54, 1.807) is 69.3 Å². The van der Waals surface area contributed by atoms with Gasteiger partial charge in [-0.05, 0) is 68.0 Å². The predicted molar refractivity (Wildman–Crippen MR) is 156 cm³/mol. The first-order chi connectivity index (χ1) is 18.9. The maximum atomic E-state index is 14.3. The zero-order valence-electron chi connectivity index (χ0n) is 21.6. The lowest BCUT2D eigenvalue weighted by atomic mass is 9.43. The van der Waals surface area contributed by atoms with Gasteiger partial charge in [0.2, 0.25) is 23.6 Å². The summed E-state index contributed by atoms with van der Waals surface area (Å²) < 4.78 is 5.53. The predicted octanol–water partition coefficient (Wildman–Crippen LogP) is 5.17. The van der Waals surface area contributed by atoms with Crippen LogP contribution in [0.3, 0.4) is 0 Å². The van der Waals surface area contributed by atoms with Gasteiger partial charge in [0.1, 0.15) is 0 Å². The molecule has 40 heavy (non-hydrogen) atoms. The number of anilines is 2. The number of halogens is 3. The Bertz CT molecular complexity index is 1460. The molecule has 4 unspecified atom stereocenters. The molecule has 2 bridgehead atoms. The molecule has 4 atom stereocenters. The van der Waals surface area contributed by atoms with Gasteiger partial charge in [0.05, 0.1) is 46.0 Å². The fraction of sp³-hybridized carbons (Fsp3) is 0.345. The maximum absolute atomic E-state index is 14.3. The van der Waals surface area contributed by atoms with Crippen molar-refractivity contribution >= 4 is 88.8 Å². The summed E-state index contributed by atoms with van der Waals surface area (Å²) in [6, 6.07) is 13.5. The molecule has 0 N–H and O–H groups in total. The summed E-state index contributed by atoms with van der Waals surface area (Å²) in [7, 11) is 0. The molecule has 2 aromatic rings. The van der Waals surface area contributed by atoms with Crippen molar-refractivity contribution in [1.29, 1.82) is 0 Å². The minimum atomic E-state index is -1.48. The first-order valence-corrected chi connectivity index (χ1v) is 15.1. The van der Waals surface area contributed by atoms with E-state index < -0.39 is 63.0 Å². The van der Waals surface area contributed by atoms with Crippen LogP contribution in [0.1, 0.15) is 20.8 Å². The molecule has 11 heteroatoms. The number of hydrogen-bond acceptors (Lipinski definition) is 6. The molecule has 0 radical (unpaired) electrons. The van der Waals surface area contributed by atoms with Crippen LogP contribution in [0.15, 0.2) is 68.6 Å². The smallest absolute Gasteiger partial charge is 0.334 e. The van der Waals surface area contributed by atoms with Crippen LogP contribution in [-0.2, 0) is 28.7 Å². The van der Waals surface area contributed by atoms with Crippen molar-refractivity contribution < 1.29 is 28.7 Å². The van der Waals surface area contributed by atoms with E-state index in [9.17, 15) is 24.0 Å². The number of amides is 4. The molecule has 3 fully saturated rings. The van der Waals surface area contributed by atoms with Crippen LogP contribution in [0.25, 0.3) is 0 Å². The summed E-state index contributed by atoms with van der Waals surface area (Å²) in [5.74, 6) is -6.84. The third-order valence-corrected chi connectivity index (χ3v) is 11.6. The fourth-order valence-corrected chi connectivity index (χ4v) is 9.07. The molecule has 2 heterocycles. The van der Waals surface area contributed by atoms with E-state index in [1.165, 1.54) is 0 Å². The zero-order chi connectivity index (χ0) is 28.9. The normalized spacial score (nSPS) is 32.6. The monoisotopic (exact) mass is 732 g/mol. The number of ether oxygens (including phenoxy) is 1. The van der Waals surface area contributed by atoms with E-state index in [0.717, 1.165) is 18.7 Å². The number of esters is 1.